The first kappa shape index (κ1) is 11.3. The minimum absolute atomic E-state index is 0.0737. The van der Waals surface area contributed by atoms with E-state index < -0.39 is 11.9 Å². The summed E-state index contributed by atoms with van der Waals surface area (Å²) in [7, 11) is 0. The van der Waals surface area contributed by atoms with Gasteiger partial charge in [0.25, 0.3) is 0 Å². The minimum atomic E-state index is -1.30. The van der Waals surface area contributed by atoms with E-state index in [4.69, 9.17) is 27.5 Å². The second-order valence-corrected chi connectivity index (χ2v) is 3.34. The fourth-order valence-corrected chi connectivity index (χ4v) is 1.47. The number of halogens is 1. The molecule has 0 radical (unpaired) electrons. The topological polar surface area (TPSA) is 101 Å². The van der Waals surface area contributed by atoms with E-state index in [9.17, 15) is 9.59 Å². The highest BCUT2D eigenvalue weighted by molar-refractivity contribution is 6.34. The van der Waals surface area contributed by atoms with Crippen LogP contribution in [0.25, 0.3) is 0 Å². The van der Waals surface area contributed by atoms with Gasteiger partial charge in [-0.1, -0.05) is 11.6 Å². The Kier molecular flexibility index (Phi) is 2.85. The van der Waals surface area contributed by atoms with Gasteiger partial charge in [0.2, 0.25) is 0 Å². The number of carboxylic acids is 2. The van der Waals surface area contributed by atoms with Gasteiger partial charge in [0.15, 0.2) is 0 Å². The predicted octanol–water partition coefficient (Wildman–Crippen LogP) is 1.63. The van der Waals surface area contributed by atoms with Crippen LogP contribution in [0.4, 0.5) is 5.69 Å². The number of carbonyl (C=O) groups is 2. The van der Waals surface area contributed by atoms with E-state index >= 15 is 0 Å². The summed E-state index contributed by atoms with van der Waals surface area (Å²) in [6.07, 6.45) is 0. The van der Waals surface area contributed by atoms with Gasteiger partial charge in [-0.2, -0.15) is 0 Å². The van der Waals surface area contributed by atoms with Crippen LogP contribution in [0.1, 0.15) is 26.3 Å². The van der Waals surface area contributed by atoms with Crippen LogP contribution in [-0.2, 0) is 0 Å². The molecule has 0 fully saturated rings. The smallest absolute Gasteiger partial charge is 0.338 e. The Hall–Kier alpha value is -1.75. The van der Waals surface area contributed by atoms with Crippen LogP contribution >= 0.6 is 11.6 Å². The highest BCUT2D eigenvalue weighted by Crippen LogP contribution is 2.29. The lowest BCUT2D eigenvalue weighted by Crippen LogP contribution is -2.11. The zero-order valence-electron chi connectivity index (χ0n) is 7.74. The Bertz CT molecular complexity index is 456. The van der Waals surface area contributed by atoms with E-state index in [0.717, 1.165) is 6.07 Å². The van der Waals surface area contributed by atoms with Crippen LogP contribution in [0.5, 0.6) is 0 Å². The van der Waals surface area contributed by atoms with E-state index in [1.165, 1.54) is 6.92 Å². The van der Waals surface area contributed by atoms with Crippen molar-refractivity contribution in [1.29, 1.82) is 0 Å². The lowest BCUT2D eigenvalue weighted by Gasteiger charge is -2.09. The number of nitrogen functional groups attached to an aromatic ring is 1. The lowest BCUT2D eigenvalue weighted by atomic mass is 10.0. The molecular formula is C9H8ClNO4. The summed E-state index contributed by atoms with van der Waals surface area (Å²) in [6, 6.07) is 1.14. The Morgan fingerprint density at radius 1 is 1.33 bits per heavy atom. The number of anilines is 1. The molecule has 0 amide bonds. The summed E-state index contributed by atoms with van der Waals surface area (Å²) in [6.45, 7) is 1.37. The number of rotatable bonds is 2. The summed E-state index contributed by atoms with van der Waals surface area (Å²) in [5.74, 6) is -2.54. The molecule has 0 saturated heterocycles. The number of hydrogen-bond donors (Lipinski definition) is 3. The highest BCUT2D eigenvalue weighted by atomic mass is 35.5. The van der Waals surface area contributed by atoms with Gasteiger partial charge in [0.1, 0.15) is 0 Å². The van der Waals surface area contributed by atoms with E-state index in [1.54, 1.807) is 0 Å². The van der Waals surface area contributed by atoms with Crippen LogP contribution < -0.4 is 5.73 Å². The third kappa shape index (κ3) is 1.87. The summed E-state index contributed by atoms with van der Waals surface area (Å²) >= 11 is 5.63. The lowest BCUT2D eigenvalue weighted by molar-refractivity contribution is 0.0696. The standard InChI is InChI=1S/C9H8ClNO4/c1-3-4(8(12)13)2-5(10)7(11)6(3)9(14)15/h2H,11H2,1H3,(H,12,13)(H,14,15). The van der Waals surface area contributed by atoms with Gasteiger partial charge in [0, 0.05) is 0 Å². The highest BCUT2D eigenvalue weighted by Gasteiger charge is 2.20. The van der Waals surface area contributed by atoms with Crippen LogP contribution in [0.15, 0.2) is 6.07 Å². The van der Waals surface area contributed by atoms with Crippen molar-refractivity contribution in [1.82, 2.24) is 0 Å². The first-order valence-electron chi connectivity index (χ1n) is 3.91. The molecule has 15 heavy (non-hydrogen) atoms. The van der Waals surface area contributed by atoms with Crippen molar-refractivity contribution in [2.24, 2.45) is 0 Å². The molecule has 1 rings (SSSR count). The summed E-state index contributed by atoms with van der Waals surface area (Å²) in [5, 5.41) is 17.6. The average molecular weight is 230 g/mol. The molecule has 1 aromatic carbocycles. The molecule has 0 aliphatic rings. The fraction of sp³-hybridized carbons (Fsp3) is 0.111. The molecule has 5 nitrogen and oxygen atoms in total. The zero-order valence-corrected chi connectivity index (χ0v) is 8.50. The molecule has 6 heteroatoms. The Morgan fingerprint density at radius 2 is 1.87 bits per heavy atom. The Labute approximate surface area is 90.1 Å². The quantitative estimate of drug-likeness (QED) is 0.669. The summed E-state index contributed by atoms with van der Waals surface area (Å²) in [5.41, 5.74) is 5.00. The maximum atomic E-state index is 10.8. The summed E-state index contributed by atoms with van der Waals surface area (Å²) < 4.78 is 0. The van der Waals surface area contributed by atoms with Crippen molar-refractivity contribution in [2.75, 3.05) is 5.73 Å². The van der Waals surface area contributed by atoms with Crippen LogP contribution in [0, 0.1) is 6.92 Å². The largest absolute Gasteiger partial charge is 0.478 e. The first-order valence-corrected chi connectivity index (χ1v) is 4.29. The van der Waals surface area contributed by atoms with Crippen molar-refractivity contribution in [3.05, 3.63) is 27.8 Å². The molecule has 0 heterocycles. The molecule has 0 aliphatic carbocycles. The number of hydrogen-bond acceptors (Lipinski definition) is 3. The van der Waals surface area contributed by atoms with E-state index in [-0.39, 0.29) is 27.4 Å². The van der Waals surface area contributed by atoms with Crippen molar-refractivity contribution < 1.29 is 19.8 Å². The second-order valence-electron chi connectivity index (χ2n) is 2.93. The normalized spacial score (nSPS) is 10.0. The van der Waals surface area contributed by atoms with Gasteiger partial charge in [-0.3, -0.25) is 0 Å². The molecule has 1 aromatic rings. The zero-order chi connectivity index (χ0) is 11.7. The average Bonchev–Trinajstić information content (AvgIpc) is 2.10. The molecular weight excluding hydrogens is 222 g/mol. The molecule has 80 valence electrons. The number of carboxylic acid groups (broad SMARTS) is 2. The second kappa shape index (κ2) is 3.78. The van der Waals surface area contributed by atoms with E-state index in [0.29, 0.717) is 0 Å². The van der Waals surface area contributed by atoms with Crippen molar-refractivity contribution in [2.45, 2.75) is 6.92 Å². The molecule has 0 saturated carbocycles. The van der Waals surface area contributed by atoms with Crippen molar-refractivity contribution in [3.8, 4) is 0 Å². The van der Waals surface area contributed by atoms with Gasteiger partial charge in [-0.05, 0) is 18.6 Å². The number of nitrogens with two attached hydrogens (primary N) is 1. The molecule has 0 aromatic heterocycles. The van der Waals surface area contributed by atoms with E-state index in [2.05, 4.69) is 0 Å². The third-order valence-electron chi connectivity index (χ3n) is 2.02. The monoisotopic (exact) mass is 229 g/mol. The van der Waals surface area contributed by atoms with Gasteiger partial charge in [-0.15, -0.1) is 0 Å². The van der Waals surface area contributed by atoms with Gasteiger partial charge < -0.3 is 15.9 Å². The van der Waals surface area contributed by atoms with Crippen molar-refractivity contribution in [3.63, 3.8) is 0 Å². The first-order chi connectivity index (χ1) is 6.86. The Morgan fingerprint density at radius 3 is 2.27 bits per heavy atom. The molecule has 0 unspecified atom stereocenters. The SMILES string of the molecule is Cc1c(C(=O)O)cc(Cl)c(N)c1C(=O)O. The van der Waals surface area contributed by atoms with Gasteiger partial charge in [-0.25, -0.2) is 9.59 Å². The van der Waals surface area contributed by atoms with Gasteiger partial charge >= 0.3 is 11.9 Å². The summed E-state index contributed by atoms with van der Waals surface area (Å²) in [4.78, 5) is 21.6. The number of benzene rings is 1. The maximum Gasteiger partial charge on any atom is 0.338 e. The van der Waals surface area contributed by atoms with Gasteiger partial charge in [0.05, 0.1) is 21.8 Å². The van der Waals surface area contributed by atoms with Crippen LogP contribution in [-0.4, -0.2) is 22.2 Å². The molecule has 4 N–H and O–H groups in total. The maximum absolute atomic E-state index is 10.8. The molecule has 0 spiro atoms. The van der Waals surface area contributed by atoms with Crippen LogP contribution in [0.3, 0.4) is 0 Å². The fourth-order valence-electron chi connectivity index (χ4n) is 1.27. The molecule has 0 aliphatic heterocycles. The third-order valence-corrected chi connectivity index (χ3v) is 2.33. The minimum Gasteiger partial charge on any atom is -0.478 e. The number of aromatic carboxylic acids is 2. The Balaban J connectivity index is 3.63. The van der Waals surface area contributed by atoms with Crippen molar-refractivity contribution >= 4 is 29.2 Å². The predicted molar refractivity (Wildman–Crippen MR) is 54.5 cm³/mol. The molecule has 0 bridgehead atoms. The van der Waals surface area contributed by atoms with Crippen LogP contribution in [0.2, 0.25) is 5.02 Å². The van der Waals surface area contributed by atoms with E-state index in [1.807, 2.05) is 0 Å². The molecule has 0 atom stereocenters.